The molecule has 180 valence electrons. The molecule has 0 atom stereocenters. The van der Waals surface area contributed by atoms with Gasteiger partial charge >= 0.3 is 0 Å². The van der Waals surface area contributed by atoms with Gasteiger partial charge in [-0.1, -0.05) is 78.9 Å². The Bertz CT molecular complexity index is 1550. The minimum atomic E-state index is -3.96. The highest BCUT2D eigenvalue weighted by molar-refractivity contribution is 7.93. The zero-order valence-corrected chi connectivity index (χ0v) is 20.0. The normalized spacial score (nSPS) is 13.3. The Morgan fingerprint density at radius 1 is 0.722 bits per heavy atom. The van der Waals surface area contributed by atoms with Crippen molar-refractivity contribution in [3.63, 3.8) is 0 Å². The van der Waals surface area contributed by atoms with E-state index in [-0.39, 0.29) is 16.4 Å². The van der Waals surface area contributed by atoms with Crippen molar-refractivity contribution >= 4 is 33.2 Å². The summed E-state index contributed by atoms with van der Waals surface area (Å²) in [4.78, 5) is 26.1. The summed E-state index contributed by atoms with van der Waals surface area (Å²) in [6.07, 6.45) is 0. The lowest BCUT2D eigenvalue weighted by Crippen LogP contribution is -2.40. The molecule has 0 saturated carbocycles. The molecule has 4 aromatic carbocycles. The van der Waals surface area contributed by atoms with Crippen LogP contribution in [0.2, 0.25) is 0 Å². The largest absolute Gasteiger partial charge is 0.348 e. The fourth-order valence-corrected chi connectivity index (χ4v) is 5.88. The van der Waals surface area contributed by atoms with Gasteiger partial charge in [-0.25, -0.2) is 8.42 Å². The molecule has 8 heteroatoms. The van der Waals surface area contributed by atoms with Crippen molar-refractivity contribution in [3.8, 4) is 11.1 Å². The molecular formula is C28H23N3O4S. The van der Waals surface area contributed by atoms with Crippen LogP contribution in [-0.4, -0.2) is 26.8 Å². The van der Waals surface area contributed by atoms with Gasteiger partial charge in [0.25, 0.3) is 15.9 Å². The molecule has 0 spiro atoms. The molecule has 4 aromatic rings. The second kappa shape index (κ2) is 9.67. The molecule has 1 aliphatic rings. The van der Waals surface area contributed by atoms with Crippen LogP contribution in [0.15, 0.2) is 108 Å². The highest BCUT2D eigenvalue weighted by Crippen LogP contribution is 2.42. The van der Waals surface area contributed by atoms with Crippen molar-refractivity contribution in [2.24, 2.45) is 0 Å². The minimum Gasteiger partial charge on any atom is -0.348 e. The van der Waals surface area contributed by atoms with E-state index in [1.54, 1.807) is 54.6 Å². The van der Waals surface area contributed by atoms with E-state index in [1.807, 2.05) is 42.5 Å². The lowest BCUT2D eigenvalue weighted by atomic mass is 10.0. The SMILES string of the molecule is O=C(CN1c2ccccc2-c2ccccc2S1(=O)=O)Nc1ccccc1C(=O)NCc1ccccc1. The van der Waals surface area contributed by atoms with E-state index < -0.39 is 22.5 Å². The molecule has 0 saturated heterocycles. The van der Waals surface area contributed by atoms with Crippen LogP contribution in [0.5, 0.6) is 0 Å². The number of benzene rings is 4. The van der Waals surface area contributed by atoms with Gasteiger partial charge in [0.05, 0.1) is 21.8 Å². The van der Waals surface area contributed by atoms with E-state index in [1.165, 1.54) is 6.07 Å². The van der Waals surface area contributed by atoms with Gasteiger partial charge < -0.3 is 10.6 Å². The monoisotopic (exact) mass is 497 g/mol. The van der Waals surface area contributed by atoms with Gasteiger partial charge in [0.15, 0.2) is 0 Å². The van der Waals surface area contributed by atoms with Crippen LogP contribution in [0.4, 0.5) is 11.4 Å². The smallest absolute Gasteiger partial charge is 0.265 e. The van der Waals surface area contributed by atoms with Gasteiger partial charge in [-0.15, -0.1) is 0 Å². The maximum atomic E-state index is 13.4. The van der Waals surface area contributed by atoms with Crippen molar-refractivity contribution in [2.45, 2.75) is 11.4 Å². The number of rotatable bonds is 6. The number of para-hydroxylation sites is 2. The summed E-state index contributed by atoms with van der Waals surface area (Å²) in [5.41, 5.74) is 3.30. The Balaban J connectivity index is 1.37. The van der Waals surface area contributed by atoms with Gasteiger partial charge in [0, 0.05) is 17.7 Å². The Hall–Kier alpha value is -4.43. The van der Waals surface area contributed by atoms with Crippen LogP contribution < -0.4 is 14.9 Å². The third-order valence-corrected chi connectivity index (χ3v) is 7.76. The van der Waals surface area contributed by atoms with Crippen molar-refractivity contribution in [2.75, 3.05) is 16.2 Å². The zero-order valence-electron chi connectivity index (χ0n) is 19.2. The average Bonchev–Trinajstić information content (AvgIpc) is 2.91. The third-order valence-electron chi connectivity index (χ3n) is 5.95. The quantitative estimate of drug-likeness (QED) is 0.412. The van der Waals surface area contributed by atoms with Gasteiger partial charge in [0.2, 0.25) is 5.91 Å². The summed E-state index contributed by atoms with van der Waals surface area (Å²) in [5, 5.41) is 5.57. The predicted molar refractivity (Wildman–Crippen MR) is 139 cm³/mol. The number of anilines is 2. The van der Waals surface area contributed by atoms with Crippen LogP contribution in [0.1, 0.15) is 15.9 Å². The summed E-state index contributed by atoms with van der Waals surface area (Å²) < 4.78 is 28.0. The molecule has 36 heavy (non-hydrogen) atoms. The van der Waals surface area contributed by atoms with Crippen LogP contribution in [0.3, 0.4) is 0 Å². The topological polar surface area (TPSA) is 95.6 Å². The molecule has 1 aliphatic heterocycles. The fraction of sp³-hybridized carbons (Fsp3) is 0.0714. The Labute approximate surface area is 209 Å². The molecule has 0 unspecified atom stereocenters. The first-order valence-electron chi connectivity index (χ1n) is 11.4. The Morgan fingerprint density at radius 3 is 2.17 bits per heavy atom. The molecule has 2 amide bonds. The highest BCUT2D eigenvalue weighted by Gasteiger charge is 2.35. The average molecular weight is 498 g/mol. The van der Waals surface area contributed by atoms with Gasteiger partial charge in [-0.05, 0) is 29.8 Å². The number of hydrogen-bond acceptors (Lipinski definition) is 4. The number of amides is 2. The van der Waals surface area contributed by atoms with E-state index >= 15 is 0 Å². The van der Waals surface area contributed by atoms with Gasteiger partial charge in [-0.2, -0.15) is 0 Å². The minimum absolute atomic E-state index is 0.150. The number of carbonyl (C=O) groups excluding carboxylic acids is 2. The second-order valence-corrected chi connectivity index (χ2v) is 10.1. The summed E-state index contributed by atoms with van der Waals surface area (Å²) in [7, 11) is -3.96. The maximum Gasteiger partial charge on any atom is 0.265 e. The van der Waals surface area contributed by atoms with Crippen molar-refractivity contribution in [3.05, 3.63) is 114 Å². The molecule has 7 nitrogen and oxygen atoms in total. The first-order chi connectivity index (χ1) is 17.4. The number of fused-ring (bicyclic) bond motifs is 3. The first kappa shape index (κ1) is 23.3. The summed E-state index contributed by atoms with van der Waals surface area (Å²) in [5.74, 6) is -0.907. The predicted octanol–water partition coefficient (Wildman–Crippen LogP) is 4.43. The first-order valence-corrected chi connectivity index (χ1v) is 12.8. The summed E-state index contributed by atoms with van der Waals surface area (Å²) in [6, 6.07) is 29.9. The molecule has 0 aliphatic carbocycles. The molecule has 2 N–H and O–H groups in total. The van der Waals surface area contributed by atoms with E-state index in [0.717, 1.165) is 15.4 Å². The third kappa shape index (κ3) is 4.46. The summed E-state index contributed by atoms with van der Waals surface area (Å²) in [6.45, 7) is -0.0994. The highest BCUT2D eigenvalue weighted by atomic mass is 32.2. The Kier molecular flexibility index (Phi) is 6.26. The molecule has 5 rings (SSSR count). The number of sulfonamides is 1. The molecule has 0 bridgehead atoms. The second-order valence-electron chi connectivity index (χ2n) is 8.29. The number of nitrogens with one attached hydrogen (secondary N) is 2. The van der Waals surface area contributed by atoms with E-state index in [4.69, 9.17) is 0 Å². The van der Waals surface area contributed by atoms with E-state index in [9.17, 15) is 18.0 Å². The lowest BCUT2D eigenvalue weighted by molar-refractivity contribution is -0.114. The molecule has 0 fully saturated rings. The van der Waals surface area contributed by atoms with E-state index in [2.05, 4.69) is 10.6 Å². The zero-order chi connectivity index (χ0) is 25.1. The molecule has 0 radical (unpaired) electrons. The van der Waals surface area contributed by atoms with Crippen LogP contribution >= 0.6 is 0 Å². The molecule has 1 heterocycles. The van der Waals surface area contributed by atoms with Gasteiger partial charge in [-0.3, -0.25) is 13.9 Å². The Morgan fingerprint density at radius 2 is 1.36 bits per heavy atom. The van der Waals surface area contributed by atoms with Crippen LogP contribution in [0, 0.1) is 0 Å². The van der Waals surface area contributed by atoms with Crippen molar-refractivity contribution in [1.29, 1.82) is 0 Å². The van der Waals surface area contributed by atoms with Crippen molar-refractivity contribution in [1.82, 2.24) is 5.32 Å². The molecule has 0 aromatic heterocycles. The summed E-state index contributed by atoms with van der Waals surface area (Å²) >= 11 is 0. The number of carbonyl (C=O) groups is 2. The van der Waals surface area contributed by atoms with Crippen LogP contribution in [-0.2, 0) is 21.4 Å². The standard InChI is InChI=1S/C28H23N3O4S/c32-27(30-24-15-7-4-14-23(24)28(33)29-18-20-10-2-1-3-11-20)19-31-25-16-8-5-12-21(25)22-13-6-9-17-26(22)36(31,34)35/h1-17H,18-19H2,(H,29,33)(H,30,32). The maximum absolute atomic E-state index is 13.4. The fourth-order valence-electron chi connectivity index (χ4n) is 4.24. The van der Waals surface area contributed by atoms with Crippen LogP contribution in [0.25, 0.3) is 11.1 Å². The van der Waals surface area contributed by atoms with Crippen molar-refractivity contribution < 1.29 is 18.0 Å². The lowest BCUT2D eigenvalue weighted by Gasteiger charge is -2.31. The molecular weight excluding hydrogens is 474 g/mol. The van der Waals surface area contributed by atoms with E-state index in [0.29, 0.717) is 23.5 Å². The number of nitrogens with zero attached hydrogens (tertiary/aromatic N) is 1. The van der Waals surface area contributed by atoms with Gasteiger partial charge in [0.1, 0.15) is 6.54 Å². The number of hydrogen-bond donors (Lipinski definition) is 2.